The Balaban J connectivity index is 1.54. The number of amides is 2. The first-order valence-electron chi connectivity index (χ1n) is 7.96. The summed E-state index contributed by atoms with van der Waals surface area (Å²) in [6.07, 6.45) is 2.10. The van der Waals surface area contributed by atoms with Crippen LogP contribution in [0.15, 0.2) is 71.3 Å². The summed E-state index contributed by atoms with van der Waals surface area (Å²) < 4.78 is 5.48. The fourth-order valence-electron chi connectivity index (χ4n) is 2.33. The summed E-state index contributed by atoms with van der Waals surface area (Å²) in [6, 6.07) is 18.5. The molecular formula is C19H19N3O3. The van der Waals surface area contributed by atoms with E-state index < -0.39 is 6.03 Å². The normalized spacial score (nSPS) is 10.6. The number of hydrogen-bond acceptors (Lipinski definition) is 4. The average Bonchev–Trinajstić information content (AvgIpc) is 3.11. The van der Waals surface area contributed by atoms with Crippen molar-refractivity contribution in [1.29, 1.82) is 0 Å². The molecule has 2 N–H and O–H groups in total. The van der Waals surface area contributed by atoms with Crippen molar-refractivity contribution < 1.29 is 14.0 Å². The van der Waals surface area contributed by atoms with Crippen LogP contribution in [0, 0.1) is 0 Å². The van der Waals surface area contributed by atoms with Crippen LogP contribution in [0.4, 0.5) is 4.79 Å². The minimum absolute atomic E-state index is 0.274. The number of rotatable bonds is 7. The van der Waals surface area contributed by atoms with Crippen LogP contribution < -0.4 is 5.73 Å². The molecule has 0 spiro atoms. The summed E-state index contributed by atoms with van der Waals surface area (Å²) in [5.74, 6) is 0.562. The molecule has 0 radical (unpaired) electrons. The molecule has 0 bridgehead atoms. The van der Waals surface area contributed by atoms with E-state index in [1.807, 2.05) is 60.7 Å². The van der Waals surface area contributed by atoms with Gasteiger partial charge in [-0.25, -0.2) is 9.78 Å². The maximum atomic E-state index is 11.5. The van der Waals surface area contributed by atoms with Crippen molar-refractivity contribution in [3.8, 4) is 11.5 Å². The van der Waals surface area contributed by atoms with E-state index in [2.05, 4.69) is 4.98 Å². The van der Waals surface area contributed by atoms with Crippen LogP contribution in [-0.2, 0) is 17.8 Å². The Labute approximate surface area is 145 Å². The number of urea groups is 1. The zero-order valence-electron chi connectivity index (χ0n) is 13.7. The number of carbonyl (C=O) groups excluding carboxylic acids is 1. The predicted molar refractivity (Wildman–Crippen MR) is 93.2 cm³/mol. The van der Waals surface area contributed by atoms with Crippen molar-refractivity contribution in [2.24, 2.45) is 5.73 Å². The highest BCUT2D eigenvalue weighted by atomic mass is 16.7. The summed E-state index contributed by atoms with van der Waals surface area (Å²) in [7, 11) is 0. The molecule has 3 aromatic rings. The van der Waals surface area contributed by atoms with Gasteiger partial charge in [0.25, 0.3) is 0 Å². The van der Waals surface area contributed by atoms with Crippen LogP contribution in [-0.4, -0.2) is 22.7 Å². The van der Waals surface area contributed by atoms with Gasteiger partial charge in [-0.3, -0.25) is 4.84 Å². The lowest BCUT2D eigenvalue weighted by Crippen LogP contribution is -2.35. The molecule has 0 unspecified atom stereocenters. The molecule has 6 heteroatoms. The Kier molecular flexibility index (Phi) is 5.43. The van der Waals surface area contributed by atoms with Gasteiger partial charge >= 0.3 is 6.03 Å². The quantitative estimate of drug-likeness (QED) is 0.670. The number of carbonyl (C=O) groups is 1. The standard InChI is InChI=1S/C19H19N3O3/c20-19(23)22(13-15-7-3-1-4-8-15)25-12-11-17-14-24-18(21-17)16-9-5-2-6-10-16/h1-10,14H,11-13H2,(H2,20,23). The van der Waals surface area contributed by atoms with Gasteiger partial charge < -0.3 is 10.2 Å². The van der Waals surface area contributed by atoms with Gasteiger partial charge in [-0.15, -0.1) is 0 Å². The molecule has 2 aromatic carbocycles. The lowest BCUT2D eigenvalue weighted by atomic mass is 10.2. The van der Waals surface area contributed by atoms with Crippen molar-refractivity contribution in [1.82, 2.24) is 10.0 Å². The summed E-state index contributed by atoms with van der Waals surface area (Å²) in [6.45, 7) is 0.570. The minimum Gasteiger partial charge on any atom is -0.444 e. The van der Waals surface area contributed by atoms with Gasteiger partial charge in [-0.1, -0.05) is 48.5 Å². The number of nitrogens with two attached hydrogens (primary N) is 1. The van der Waals surface area contributed by atoms with Crippen molar-refractivity contribution in [3.63, 3.8) is 0 Å². The number of primary amides is 1. The maximum absolute atomic E-state index is 11.5. The van der Waals surface area contributed by atoms with Crippen LogP contribution in [0.1, 0.15) is 11.3 Å². The molecule has 128 valence electrons. The second-order valence-corrected chi connectivity index (χ2v) is 5.45. The molecule has 0 aliphatic rings. The molecule has 0 saturated heterocycles. The molecule has 6 nitrogen and oxygen atoms in total. The Morgan fingerprint density at radius 1 is 1.08 bits per heavy atom. The van der Waals surface area contributed by atoms with Gasteiger partial charge in [0.05, 0.1) is 18.8 Å². The van der Waals surface area contributed by atoms with Crippen LogP contribution in [0.5, 0.6) is 0 Å². The first-order valence-corrected chi connectivity index (χ1v) is 7.96. The molecule has 3 rings (SSSR count). The molecular weight excluding hydrogens is 318 g/mol. The molecule has 2 amide bonds. The third kappa shape index (κ3) is 4.68. The topological polar surface area (TPSA) is 81.6 Å². The Hall–Kier alpha value is -3.12. The third-order valence-electron chi connectivity index (χ3n) is 3.59. The lowest BCUT2D eigenvalue weighted by molar-refractivity contribution is -0.120. The van der Waals surface area contributed by atoms with Crippen LogP contribution in [0.2, 0.25) is 0 Å². The first kappa shape index (κ1) is 16.7. The van der Waals surface area contributed by atoms with Crippen LogP contribution in [0.25, 0.3) is 11.5 Å². The van der Waals surface area contributed by atoms with Gasteiger partial charge in [0, 0.05) is 12.0 Å². The zero-order chi connectivity index (χ0) is 17.5. The highest BCUT2D eigenvalue weighted by molar-refractivity contribution is 5.70. The Morgan fingerprint density at radius 2 is 1.76 bits per heavy atom. The van der Waals surface area contributed by atoms with Crippen LogP contribution >= 0.6 is 0 Å². The van der Waals surface area contributed by atoms with E-state index in [9.17, 15) is 4.79 Å². The predicted octanol–water partition coefficient (Wildman–Crippen LogP) is 3.40. The minimum atomic E-state index is -0.631. The van der Waals surface area contributed by atoms with Crippen molar-refractivity contribution >= 4 is 6.03 Å². The monoisotopic (exact) mass is 337 g/mol. The molecule has 0 aliphatic heterocycles. The Bertz CT molecular complexity index is 803. The SMILES string of the molecule is NC(=O)N(Cc1ccccc1)OCCc1coc(-c2ccccc2)n1. The number of nitrogens with zero attached hydrogens (tertiary/aromatic N) is 2. The second-order valence-electron chi connectivity index (χ2n) is 5.45. The molecule has 0 atom stereocenters. The van der Waals surface area contributed by atoms with Gasteiger partial charge in [-0.2, -0.15) is 5.06 Å². The van der Waals surface area contributed by atoms with E-state index >= 15 is 0 Å². The number of benzene rings is 2. The van der Waals surface area contributed by atoms with E-state index in [1.165, 1.54) is 0 Å². The lowest BCUT2D eigenvalue weighted by Gasteiger charge is -2.19. The molecule has 25 heavy (non-hydrogen) atoms. The average molecular weight is 337 g/mol. The van der Waals surface area contributed by atoms with Crippen molar-refractivity contribution in [3.05, 3.63) is 78.2 Å². The zero-order valence-corrected chi connectivity index (χ0v) is 13.7. The summed E-state index contributed by atoms with van der Waals surface area (Å²) in [5, 5.41) is 1.15. The molecule has 1 aromatic heterocycles. The largest absolute Gasteiger partial charge is 0.444 e. The highest BCUT2D eigenvalue weighted by Gasteiger charge is 2.12. The highest BCUT2D eigenvalue weighted by Crippen LogP contribution is 2.18. The molecule has 0 fully saturated rings. The van der Waals surface area contributed by atoms with Crippen molar-refractivity contribution in [2.45, 2.75) is 13.0 Å². The third-order valence-corrected chi connectivity index (χ3v) is 3.59. The number of hydroxylamine groups is 2. The fourth-order valence-corrected chi connectivity index (χ4v) is 2.33. The summed E-state index contributed by atoms with van der Waals surface area (Å²) in [5.41, 5.74) is 7.98. The summed E-state index contributed by atoms with van der Waals surface area (Å²) >= 11 is 0. The van der Waals surface area contributed by atoms with E-state index in [0.717, 1.165) is 21.9 Å². The van der Waals surface area contributed by atoms with E-state index in [4.69, 9.17) is 15.0 Å². The number of hydrogen-bond donors (Lipinski definition) is 1. The molecule has 0 saturated carbocycles. The van der Waals surface area contributed by atoms with Gasteiger partial charge in [0.1, 0.15) is 6.26 Å². The van der Waals surface area contributed by atoms with Gasteiger partial charge in [0.2, 0.25) is 5.89 Å². The van der Waals surface area contributed by atoms with E-state index in [1.54, 1.807) is 6.26 Å². The van der Waals surface area contributed by atoms with Gasteiger partial charge in [0.15, 0.2) is 0 Å². The van der Waals surface area contributed by atoms with Crippen LogP contribution in [0.3, 0.4) is 0 Å². The van der Waals surface area contributed by atoms with E-state index in [-0.39, 0.29) is 6.61 Å². The second kappa shape index (κ2) is 8.12. The Morgan fingerprint density at radius 3 is 2.44 bits per heavy atom. The smallest absolute Gasteiger partial charge is 0.339 e. The number of oxazole rings is 1. The first-order chi connectivity index (χ1) is 12.2. The maximum Gasteiger partial charge on any atom is 0.339 e. The van der Waals surface area contributed by atoms with Crippen molar-refractivity contribution in [2.75, 3.05) is 6.61 Å². The van der Waals surface area contributed by atoms with Gasteiger partial charge in [-0.05, 0) is 17.7 Å². The number of aromatic nitrogens is 1. The molecule has 1 heterocycles. The summed E-state index contributed by atoms with van der Waals surface area (Å²) in [4.78, 5) is 21.5. The van der Waals surface area contributed by atoms with E-state index in [0.29, 0.717) is 18.9 Å². The fraction of sp³-hybridized carbons (Fsp3) is 0.158. The molecule has 0 aliphatic carbocycles.